The quantitative estimate of drug-likeness (QED) is 0.283. The third-order valence-electron chi connectivity index (χ3n) is 6.86. The van der Waals surface area contributed by atoms with Gasteiger partial charge in [0.25, 0.3) is 0 Å². The number of fused-ring (bicyclic) bond motifs is 3. The standard InChI is InChI=1S/C30H26ClN5O2/c1-20-26-19-35(30(37)32-23-9-6-8-22(31)18-23)28(21-13-15-25(38-2)16-14-21)27-12-7-17-34(27)29(26)36(33-20)24-10-4-3-5-11-24/h3-18,28H,19H2,1-2H3,(H,32,37)/t28-/m0/s1. The monoisotopic (exact) mass is 523 g/mol. The van der Waals surface area contributed by atoms with Gasteiger partial charge in [0.15, 0.2) is 0 Å². The normalized spacial score (nSPS) is 14.4. The molecule has 5 aromatic rings. The summed E-state index contributed by atoms with van der Waals surface area (Å²) in [5, 5.41) is 8.51. The number of benzene rings is 3. The van der Waals surface area contributed by atoms with Crippen molar-refractivity contribution < 1.29 is 9.53 Å². The molecule has 190 valence electrons. The van der Waals surface area contributed by atoms with Gasteiger partial charge in [-0.25, -0.2) is 9.48 Å². The van der Waals surface area contributed by atoms with Crippen molar-refractivity contribution in [1.82, 2.24) is 19.2 Å². The van der Waals surface area contributed by atoms with E-state index in [9.17, 15) is 4.79 Å². The molecule has 6 rings (SSSR count). The summed E-state index contributed by atoms with van der Waals surface area (Å²) in [4.78, 5) is 15.8. The first-order valence-electron chi connectivity index (χ1n) is 12.3. The van der Waals surface area contributed by atoms with Crippen LogP contribution in [-0.4, -0.2) is 32.4 Å². The number of anilines is 1. The summed E-state index contributed by atoms with van der Waals surface area (Å²) in [5.41, 5.74) is 5.34. The number of methoxy groups -OCH3 is 1. The molecule has 0 saturated carbocycles. The van der Waals surface area contributed by atoms with E-state index in [1.54, 1.807) is 19.2 Å². The molecule has 1 aliphatic heterocycles. The Morgan fingerprint density at radius 1 is 1.00 bits per heavy atom. The van der Waals surface area contributed by atoms with E-state index in [1.807, 2.05) is 95.5 Å². The number of amides is 2. The number of hydrogen-bond donors (Lipinski definition) is 1. The first-order chi connectivity index (χ1) is 18.5. The number of rotatable bonds is 4. The maximum atomic E-state index is 14.0. The number of urea groups is 1. The van der Waals surface area contributed by atoms with Crippen molar-refractivity contribution in [2.45, 2.75) is 19.5 Å². The minimum absolute atomic E-state index is 0.236. The number of hydrogen-bond acceptors (Lipinski definition) is 3. The van der Waals surface area contributed by atoms with Crippen LogP contribution in [-0.2, 0) is 6.54 Å². The molecule has 0 fully saturated rings. The molecule has 7 nitrogen and oxygen atoms in total. The van der Waals surface area contributed by atoms with Crippen LogP contribution in [0.4, 0.5) is 10.5 Å². The fourth-order valence-electron chi connectivity index (χ4n) is 5.05. The number of aromatic nitrogens is 3. The number of nitrogens with zero attached hydrogens (tertiary/aromatic N) is 4. The summed E-state index contributed by atoms with van der Waals surface area (Å²) in [5.74, 6) is 1.68. The number of aryl methyl sites for hydroxylation is 1. The minimum Gasteiger partial charge on any atom is -0.497 e. The average molecular weight is 524 g/mol. The van der Waals surface area contributed by atoms with E-state index in [0.29, 0.717) is 17.3 Å². The Balaban J connectivity index is 1.53. The summed E-state index contributed by atoms with van der Waals surface area (Å²) < 4.78 is 9.50. The van der Waals surface area contributed by atoms with Crippen LogP contribution in [0.15, 0.2) is 97.2 Å². The lowest BCUT2D eigenvalue weighted by molar-refractivity contribution is 0.194. The molecule has 2 amide bonds. The van der Waals surface area contributed by atoms with Gasteiger partial charge in [-0.05, 0) is 67.1 Å². The summed E-state index contributed by atoms with van der Waals surface area (Å²) in [6, 6.07) is 28.5. The Kier molecular flexibility index (Phi) is 6.13. The zero-order valence-electron chi connectivity index (χ0n) is 21.0. The van der Waals surface area contributed by atoms with Crippen LogP contribution < -0.4 is 10.1 Å². The summed E-state index contributed by atoms with van der Waals surface area (Å²) in [6.45, 7) is 2.35. The highest BCUT2D eigenvalue weighted by atomic mass is 35.5. The van der Waals surface area contributed by atoms with E-state index >= 15 is 0 Å². The molecule has 0 unspecified atom stereocenters. The average Bonchev–Trinajstić information content (AvgIpc) is 3.49. The summed E-state index contributed by atoms with van der Waals surface area (Å²) in [7, 11) is 1.64. The van der Waals surface area contributed by atoms with E-state index in [-0.39, 0.29) is 12.1 Å². The maximum Gasteiger partial charge on any atom is 0.322 e. The zero-order chi connectivity index (χ0) is 26.2. The van der Waals surface area contributed by atoms with Gasteiger partial charge >= 0.3 is 6.03 Å². The molecular formula is C30H26ClN5O2. The largest absolute Gasteiger partial charge is 0.497 e. The molecule has 8 heteroatoms. The fraction of sp³-hybridized carbons (Fsp3) is 0.133. The first-order valence-corrected chi connectivity index (χ1v) is 12.7. The van der Waals surface area contributed by atoms with E-state index in [0.717, 1.165) is 39.8 Å². The molecule has 0 radical (unpaired) electrons. The molecule has 1 aliphatic rings. The van der Waals surface area contributed by atoms with Gasteiger partial charge in [0.2, 0.25) is 0 Å². The SMILES string of the molecule is COc1ccc([C@H]2c3cccn3-c3c(c(C)nn3-c3ccccc3)CN2C(=O)Nc2cccc(Cl)c2)cc1. The van der Waals surface area contributed by atoms with E-state index in [2.05, 4.69) is 16.0 Å². The van der Waals surface area contributed by atoms with Gasteiger partial charge in [0.05, 0.1) is 36.8 Å². The molecular weight excluding hydrogens is 498 g/mol. The predicted octanol–water partition coefficient (Wildman–Crippen LogP) is 6.77. The third kappa shape index (κ3) is 4.21. The Labute approximate surface area is 225 Å². The van der Waals surface area contributed by atoms with Crippen molar-refractivity contribution in [3.63, 3.8) is 0 Å². The predicted molar refractivity (Wildman–Crippen MR) is 148 cm³/mol. The lowest BCUT2D eigenvalue weighted by atomic mass is 10.0. The van der Waals surface area contributed by atoms with Crippen LogP contribution in [0.1, 0.15) is 28.6 Å². The van der Waals surface area contributed by atoms with Gasteiger partial charge in [-0.15, -0.1) is 0 Å². The Bertz CT molecular complexity index is 1610. The molecule has 3 aromatic carbocycles. The van der Waals surface area contributed by atoms with Crippen LogP contribution in [0.5, 0.6) is 5.75 Å². The van der Waals surface area contributed by atoms with Crippen molar-refractivity contribution in [3.05, 3.63) is 125 Å². The van der Waals surface area contributed by atoms with Crippen molar-refractivity contribution >= 4 is 23.3 Å². The van der Waals surface area contributed by atoms with Gasteiger partial charge in [-0.1, -0.05) is 48.0 Å². The second kappa shape index (κ2) is 9.76. The highest BCUT2D eigenvalue weighted by molar-refractivity contribution is 6.30. The highest BCUT2D eigenvalue weighted by Crippen LogP contribution is 2.39. The second-order valence-corrected chi connectivity index (χ2v) is 9.62. The van der Waals surface area contributed by atoms with Crippen molar-refractivity contribution in [2.24, 2.45) is 0 Å². The van der Waals surface area contributed by atoms with Crippen molar-refractivity contribution in [1.29, 1.82) is 0 Å². The van der Waals surface area contributed by atoms with Crippen LogP contribution in [0.3, 0.4) is 0 Å². The minimum atomic E-state index is -0.369. The van der Waals surface area contributed by atoms with Gasteiger partial charge in [-0.2, -0.15) is 5.10 Å². The summed E-state index contributed by atoms with van der Waals surface area (Å²) in [6.07, 6.45) is 2.03. The molecule has 0 saturated heterocycles. The van der Waals surface area contributed by atoms with Crippen LogP contribution in [0, 0.1) is 6.92 Å². The number of carbonyl (C=O) groups is 1. The van der Waals surface area contributed by atoms with Crippen molar-refractivity contribution in [2.75, 3.05) is 12.4 Å². The van der Waals surface area contributed by atoms with Gasteiger partial charge in [-0.3, -0.25) is 0 Å². The number of carbonyl (C=O) groups excluding carboxylic acids is 1. The Morgan fingerprint density at radius 2 is 1.79 bits per heavy atom. The number of para-hydroxylation sites is 1. The number of halogens is 1. The lowest BCUT2D eigenvalue weighted by Gasteiger charge is -2.31. The van der Waals surface area contributed by atoms with Crippen molar-refractivity contribution in [3.8, 4) is 17.3 Å². The second-order valence-electron chi connectivity index (χ2n) is 9.18. The van der Waals surface area contributed by atoms with Crippen LogP contribution in [0.2, 0.25) is 5.02 Å². The third-order valence-corrected chi connectivity index (χ3v) is 7.09. The van der Waals surface area contributed by atoms with Crippen LogP contribution in [0.25, 0.3) is 11.5 Å². The molecule has 3 heterocycles. The molecule has 0 bridgehead atoms. The Hall–Kier alpha value is -4.49. The first kappa shape index (κ1) is 23.9. The molecule has 1 atom stereocenters. The molecule has 0 spiro atoms. The molecule has 0 aliphatic carbocycles. The smallest absolute Gasteiger partial charge is 0.322 e. The molecule has 2 aromatic heterocycles. The maximum absolute atomic E-state index is 14.0. The van der Waals surface area contributed by atoms with Gasteiger partial charge in [0, 0.05) is 22.5 Å². The summed E-state index contributed by atoms with van der Waals surface area (Å²) >= 11 is 6.20. The van der Waals surface area contributed by atoms with Gasteiger partial charge < -0.3 is 19.5 Å². The number of ether oxygens (including phenoxy) is 1. The fourth-order valence-corrected chi connectivity index (χ4v) is 5.24. The van der Waals surface area contributed by atoms with Crippen LogP contribution >= 0.6 is 11.6 Å². The number of nitrogens with one attached hydrogen (secondary N) is 1. The van der Waals surface area contributed by atoms with Gasteiger partial charge in [0.1, 0.15) is 11.6 Å². The van der Waals surface area contributed by atoms with E-state index < -0.39 is 0 Å². The lowest BCUT2D eigenvalue weighted by Crippen LogP contribution is -2.38. The Morgan fingerprint density at radius 3 is 2.53 bits per heavy atom. The van der Waals surface area contributed by atoms with E-state index in [4.69, 9.17) is 21.4 Å². The molecule has 1 N–H and O–H groups in total. The highest BCUT2D eigenvalue weighted by Gasteiger charge is 2.36. The zero-order valence-corrected chi connectivity index (χ0v) is 21.8. The molecule has 38 heavy (non-hydrogen) atoms. The van der Waals surface area contributed by atoms with E-state index in [1.165, 1.54) is 0 Å². The topological polar surface area (TPSA) is 64.3 Å².